The molecule has 0 aromatic carbocycles. The van der Waals surface area contributed by atoms with E-state index < -0.39 is 0 Å². The Labute approximate surface area is 85.6 Å². The third-order valence-corrected chi connectivity index (χ3v) is 2.57. The van der Waals surface area contributed by atoms with Crippen LogP contribution in [0.1, 0.15) is 52.4 Å². The number of hydrogen-bond donors (Lipinski definition) is 0. The molecule has 0 aromatic heterocycles. The minimum Gasteiger partial charge on any atom is -0.0928 e. The summed E-state index contributed by atoms with van der Waals surface area (Å²) in [5, 5.41) is 1.13. The molecule has 0 bridgehead atoms. The summed E-state index contributed by atoms with van der Waals surface area (Å²) in [5.41, 5.74) is 1.56. The van der Waals surface area contributed by atoms with Gasteiger partial charge in [0.1, 0.15) is 0 Å². The normalized spacial score (nSPS) is 12.1. The van der Waals surface area contributed by atoms with E-state index >= 15 is 0 Å². The highest BCUT2D eigenvalue weighted by molar-refractivity contribution is 9.09. The molecule has 0 rings (SSSR count). The quantitative estimate of drug-likeness (QED) is 0.340. The monoisotopic (exact) mass is 232 g/mol. The van der Waals surface area contributed by atoms with Crippen LogP contribution in [0.15, 0.2) is 11.6 Å². The van der Waals surface area contributed by atoms with Crippen LogP contribution in [0.5, 0.6) is 0 Å². The van der Waals surface area contributed by atoms with Crippen molar-refractivity contribution in [3.63, 3.8) is 0 Å². The van der Waals surface area contributed by atoms with Crippen molar-refractivity contribution in [3.05, 3.63) is 11.6 Å². The first-order valence-electron chi connectivity index (χ1n) is 5.02. The van der Waals surface area contributed by atoms with Gasteiger partial charge in [0.05, 0.1) is 0 Å². The lowest BCUT2D eigenvalue weighted by molar-refractivity contribution is 0.724. The Morgan fingerprint density at radius 2 is 2.00 bits per heavy atom. The van der Waals surface area contributed by atoms with Gasteiger partial charge in [-0.1, -0.05) is 47.3 Å². The molecule has 0 aliphatic rings. The zero-order valence-corrected chi connectivity index (χ0v) is 9.99. The third kappa shape index (κ3) is 8.32. The Bertz CT molecular complexity index is 116. The van der Waals surface area contributed by atoms with E-state index in [4.69, 9.17) is 0 Å². The fourth-order valence-electron chi connectivity index (χ4n) is 1.19. The third-order valence-electron chi connectivity index (χ3n) is 2.01. The van der Waals surface area contributed by atoms with Gasteiger partial charge in [0.15, 0.2) is 0 Å². The highest BCUT2D eigenvalue weighted by Crippen LogP contribution is 2.08. The number of allylic oxidation sites excluding steroid dienone is 2. The van der Waals surface area contributed by atoms with Gasteiger partial charge in [-0.25, -0.2) is 0 Å². The second kappa shape index (κ2) is 9.31. The van der Waals surface area contributed by atoms with Crippen LogP contribution in [0, 0.1) is 0 Å². The van der Waals surface area contributed by atoms with E-state index in [1.165, 1.54) is 38.5 Å². The Morgan fingerprint density at radius 1 is 1.25 bits per heavy atom. The number of halogens is 1. The SMILES string of the molecule is CCCCC/C=C(\C)CCCBr. The number of rotatable bonds is 7. The average Bonchev–Trinajstić information content (AvgIpc) is 2.09. The van der Waals surface area contributed by atoms with Crippen LogP contribution in [0.3, 0.4) is 0 Å². The smallest absolute Gasteiger partial charge is 0.00343 e. The lowest BCUT2D eigenvalue weighted by Gasteiger charge is -1.98. The molecule has 0 nitrogen and oxygen atoms in total. The zero-order chi connectivity index (χ0) is 9.23. The van der Waals surface area contributed by atoms with Gasteiger partial charge in [-0.3, -0.25) is 0 Å². The summed E-state index contributed by atoms with van der Waals surface area (Å²) in [6, 6.07) is 0. The highest BCUT2D eigenvalue weighted by atomic mass is 79.9. The first-order valence-corrected chi connectivity index (χ1v) is 6.15. The molecule has 0 heterocycles. The van der Waals surface area contributed by atoms with E-state index in [9.17, 15) is 0 Å². The molecule has 0 aromatic rings. The van der Waals surface area contributed by atoms with E-state index in [1.807, 2.05) is 0 Å². The predicted molar refractivity (Wildman–Crippen MR) is 60.9 cm³/mol. The van der Waals surface area contributed by atoms with E-state index in [0.717, 1.165) is 5.33 Å². The maximum atomic E-state index is 3.44. The minimum absolute atomic E-state index is 1.13. The molecule has 0 unspecified atom stereocenters. The molecule has 0 N–H and O–H groups in total. The number of hydrogen-bond acceptors (Lipinski definition) is 0. The maximum absolute atomic E-state index is 3.44. The second-order valence-electron chi connectivity index (χ2n) is 3.34. The number of alkyl halides is 1. The van der Waals surface area contributed by atoms with E-state index in [-0.39, 0.29) is 0 Å². The van der Waals surface area contributed by atoms with E-state index in [2.05, 4.69) is 35.9 Å². The molecule has 0 fully saturated rings. The second-order valence-corrected chi connectivity index (χ2v) is 4.13. The fraction of sp³-hybridized carbons (Fsp3) is 0.818. The molecule has 0 saturated carbocycles. The lowest BCUT2D eigenvalue weighted by atomic mass is 10.1. The van der Waals surface area contributed by atoms with Gasteiger partial charge in [-0.15, -0.1) is 0 Å². The van der Waals surface area contributed by atoms with Crippen LogP contribution in [0.4, 0.5) is 0 Å². The molecule has 12 heavy (non-hydrogen) atoms. The van der Waals surface area contributed by atoms with Crippen molar-refractivity contribution in [2.45, 2.75) is 52.4 Å². The molecule has 0 aliphatic carbocycles. The van der Waals surface area contributed by atoms with Gasteiger partial charge in [0.2, 0.25) is 0 Å². The van der Waals surface area contributed by atoms with Gasteiger partial charge in [-0.2, -0.15) is 0 Å². The highest BCUT2D eigenvalue weighted by Gasteiger charge is 1.89. The van der Waals surface area contributed by atoms with Gasteiger partial charge in [0.25, 0.3) is 0 Å². The largest absolute Gasteiger partial charge is 0.0928 e. The Morgan fingerprint density at radius 3 is 2.58 bits per heavy atom. The molecule has 72 valence electrons. The first-order chi connectivity index (χ1) is 5.81. The van der Waals surface area contributed by atoms with Crippen molar-refractivity contribution in [1.82, 2.24) is 0 Å². The topological polar surface area (TPSA) is 0 Å². The summed E-state index contributed by atoms with van der Waals surface area (Å²) in [6.07, 6.45) is 10.3. The van der Waals surface area contributed by atoms with Crippen molar-refractivity contribution in [1.29, 1.82) is 0 Å². The van der Waals surface area contributed by atoms with Crippen molar-refractivity contribution >= 4 is 15.9 Å². The van der Waals surface area contributed by atoms with Crippen LogP contribution < -0.4 is 0 Å². The average molecular weight is 233 g/mol. The Hall–Kier alpha value is 0.220. The lowest BCUT2D eigenvalue weighted by Crippen LogP contribution is -1.80. The molecular formula is C11H21Br. The van der Waals surface area contributed by atoms with E-state index in [1.54, 1.807) is 5.57 Å². The summed E-state index contributed by atoms with van der Waals surface area (Å²) < 4.78 is 0. The summed E-state index contributed by atoms with van der Waals surface area (Å²) in [4.78, 5) is 0. The van der Waals surface area contributed by atoms with Crippen molar-refractivity contribution in [2.24, 2.45) is 0 Å². The van der Waals surface area contributed by atoms with Crippen LogP contribution in [0.2, 0.25) is 0 Å². The summed E-state index contributed by atoms with van der Waals surface area (Å²) in [6.45, 7) is 4.50. The molecule has 1 heteroatoms. The van der Waals surface area contributed by atoms with Gasteiger partial charge < -0.3 is 0 Å². The standard InChI is InChI=1S/C11H21Br/c1-3-4-5-6-8-11(2)9-7-10-12/h8H,3-7,9-10H2,1-2H3/b11-8+. The van der Waals surface area contributed by atoms with Crippen LogP contribution in [0.25, 0.3) is 0 Å². The van der Waals surface area contributed by atoms with Crippen LogP contribution in [-0.4, -0.2) is 5.33 Å². The van der Waals surface area contributed by atoms with Gasteiger partial charge >= 0.3 is 0 Å². The molecular weight excluding hydrogens is 212 g/mol. The van der Waals surface area contributed by atoms with Gasteiger partial charge in [-0.05, 0) is 32.6 Å². The molecule has 0 amide bonds. The zero-order valence-electron chi connectivity index (χ0n) is 8.41. The minimum atomic E-state index is 1.13. The number of unbranched alkanes of at least 4 members (excludes halogenated alkanes) is 3. The summed E-state index contributed by atoms with van der Waals surface area (Å²) in [5.74, 6) is 0. The maximum Gasteiger partial charge on any atom is 0.00343 e. The molecule has 0 radical (unpaired) electrons. The van der Waals surface area contributed by atoms with Gasteiger partial charge in [0, 0.05) is 5.33 Å². The first kappa shape index (κ1) is 12.2. The van der Waals surface area contributed by atoms with Crippen molar-refractivity contribution in [3.8, 4) is 0 Å². The molecule has 0 atom stereocenters. The Kier molecular flexibility index (Phi) is 9.48. The van der Waals surface area contributed by atoms with Crippen LogP contribution >= 0.6 is 15.9 Å². The van der Waals surface area contributed by atoms with E-state index in [0.29, 0.717) is 0 Å². The fourth-order valence-corrected chi connectivity index (χ4v) is 1.47. The predicted octanol–water partition coefficient (Wildman–Crippen LogP) is 4.69. The summed E-state index contributed by atoms with van der Waals surface area (Å²) in [7, 11) is 0. The van der Waals surface area contributed by atoms with Crippen molar-refractivity contribution in [2.75, 3.05) is 5.33 Å². The molecule has 0 aliphatic heterocycles. The Balaban J connectivity index is 3.28. The van der Waals surface area contributed by atoms with Crippen molar-refractivity contribution < 1.29 is 0 Å². The van der Waals surface area contributed by atoms with Crippen LogP contribution in [-0.2, 0) is 0 Å². The summed E-state index contributed by atoms with van der Waals surface area (Å²) >= 11 is 3.44. The molecule has 0 saturated heterocycles. The molecule has 0 spiro atoms.